The van der Waals surface area contributed by atoms with Crippen molar-refractivity contribution in [1.82, 2.24) is 4.57 Å². The Kier molecular flexibility index (Phi) is 3.66. The lowest BCUT2D eigenvalue weighted by atomic mass is 10.1. The summed E-state index contributed by atoms with van der Waals surface area (Å²) in [6.07, 6.45) is 0. The molecule has 0 bridgehead atoms. The molecule has 0 saturated carbocycles. The van der Waals surface area contributed by atoms with Gasteiger partial charge in [-0.25, -0.2) is 0 Å². The molecule has 0 aliphatic heterocycles. The van der Waals surface area contributed by atoms with E-state index in [0.29, 0.717) is 13.4 Å². The van der Waals surface area contributed by atoms with Crippen molar-refractivity contribution in [1.29, 1.82) is 0 Å². The molecule has 0 spiro atoms. The molecule has 0 fully saturated rings. The van der Waals surface area contributed by atoms with E-state index >= 15 is 0 Å². The maximum atomic E-state index is 8.86. The molecule has 29 heavy (non-hydrogen) atoms. The van der Waals surface area contributed by atoms with Gasteiger partial charge in [0.15, 0.2) is 0 Å². The maximum Gasteiger partial charge on any atom is 0.569 e. The van der Waals surface area contributed by atoms with Crippen molar-refractivity contribution in [3.8, 4) is 11.4 Å². The fraction of sp³-hybridized carbons (Fsp3) is 0. The van der Waals surface area contributed by atoms with Gasteiger partial charge in [-0.05, 0) is 42.5 Å². The molecular formula is C24H15BNO2S. The van der Waals surface area contributed by atoms with E-state index in [0.717, 1.165) is 5.69 Å². The van der Waals surface area contributed by atoms with Gasteiger partial charge in [0.1, 0.15) is 5.75 Å². The summed E-state index contributed by atoms with van der Waals surface area (Å²) in [4.78, 5) is 0. The molecular weight excluding hydrogens is 377 g/mol. The molecule has 0 saturated heterocycles. The van der Waals surface area contributed by atoms with Crippen LogP contribution in [0.4, 0.5) is 0 Å². The summed E-state index contributed by atoms with van der Waals surface area (Å²) in [5.74, 6) is 0.601. The molecule has 0 aliphatic carbocycles. The Morgan fingerprint density at radius 1 is 0.724 bits per heavy atom. The van der Waals surface area contributed by atoms with Gasteiger partial charge in [-0.2, -0.15) is 0 Å². The number of rotatable bonds is 3. The normalized spacial score (nSPS) is 11.6. The Hall–Kier alpha value is -3.28. The van der Waals surface area contributed by atoms with Gasteiger partial charge < -0.3 is 14.2 Å². The van der Waals surface area contributed by atoms with Crippen molar-refractivity contribution in [2.24, 2.45) is 0 Å². The van der Waals surface area contributed by atoms with E-state index in [-0.39, 0.29) is 0 Å². The van der Waals surface area contributed by atoms with Crippen LogP contribution in [0.25, 0.3) is 47.7 Å². The maximum absolute atomic E-state index is 8.86. The summed E-state index contributed by atoms with van der Waals surface area (Å²) in [6.45, 7) is 0. The van der Waals surface area contributed by atoms with Gasteiger partial charge in [0.25, 0.3) is 0 Å². The number of hydrogen-bond donors (Lipinski definition) is 1. The summed E-state index contributed by atoms with van der Waals surface area (Å²) < 4.78 is 10.0. The van der Waals surface area contributed by atoms with E-state index in [1.807, 2.05) is 35.6 Å². The van der Waals surface area contributed by atoms with Gasteiger partial charge in [0.05, 0.1) is 11.0 Å². The van der Waals surface area contributed by atoms with Crippen molar-refractivity contribution in [2.75, 3.05) is 0 Å². The summed E-state index contributed by atoms with van der Waals surface area (Å²) in [5, 5.41) is 14.0. The Morgan fingerprint density at radius 2 is 1.48 bits per heavy atom. The molecule has 0 amide bonds. The molecule has 2 heterocycles. The molecule has 0 aliphatic rings. The molecule has 5 heteroatoms. The van der Waals surface area contributed by atoms with Gasteiger partial charge in [-0.15, -0.1) is 11.3 Å². The van der Waals surface area contributed by atoms with Crippen LogP contribution in [0.2, 0.25) is 0 Å². The minimum Gasteiger partial charge on any atom is -0.537 e. The molecule has 6 rings (SSSR count). The van der Waals surface area contributed by atoms with Crippen LogP contribution in [0, 0.1) is 0 Å². The number of thiophene rings is 1. The summed E-state index contributed by atoms with van der Waals surface area (Å²) >= 11 is 1.86. The molecule has 4 aromatic carbocycles. The van der Waals surface area contributed by atoms with Crippen LogP contribution in [-0.2, 0) is 0 Å². The molecule has 6 aromatic rings. The average Bonchev–Trinajstić information content (AvgIpc) is 3.30. The van der Waals surface area contributed by atoms with Crippen LogP contribution >= 0.6 is 11.3 Å². The first-order valence-corrected chi connectivity index (χ1v) is 10.2. The third-order valence-corrected chi connectivity index (χ3v) is 6.67. The molecule has 2 aromatic heterocycles. The SMILES string of the molecule is O[B]Oc1ccc(-n2c3ccccc3c3c4sc5ccccc5c4ccc32)cc1. The zero-order valence-corrected chi connectivity index (χ0v) is 16.2. The van der Waals surface area contributed by atoms with Crippen LogP contribution in [0.1, 0.15) is 0 Å². The highest BCUT2D eigenvalue weighted by Crippen LogP contribution is 2.43. The van der Waals surface area contributed by atoms with Gasteiger partial charge in [-0.1, -0.05) is 42.5 Å². The predicted molar refractivity (Wildman–Crippen MR) is 122 cm³/mol. The monoisotopic (exact) mass is 392 g/mol. The van der Waals surface area contributed by atoms with Crippen LogP contribution in [0.3, 0.4) is 0 Å². The number of para-hydroxylation sites is 1. The second-order valence-electron chi connectivity index (χ2n) is 7.00. The zero-order valence-electron chi connectivity index (χ0n) is 15.4. The summed E-state index contributed by atoms with van der Waals surface area (Å²) in [7, 11) is 0.702. The van der Waals surface area contributed by atoms with Gasteiger partial charge >= 0.3 is 7.69 Å². The first-order valence-electron chi connectivity index (χ1n) is 9.41. The molecule has 0 unspecified atom stereocenters. The fourth-order valence-electron chi connectivity index (χ4n) is 4.25. The second-order valence-corrected chi connectivity index (χ2v) is 8.06. The van der Waals surface area contributed by atoms with Crippen LogP contribution in [0.5, 0.6) is 5.75 Å². The fourth-order valence-corrected chi connectivity index (χ4v) is 5.51. The molecule has 0 atom stereocenters. The number of nitrogens with zero attached hydrogens (tertiary/aromatic N) is 1. The van der Waals surface area contributed by atoms with Crippen molar-refractivity contribution in [3.63, 3.8) is 0 Å². The third kappa shape index (κ3) is 2.41. The number of aromatic nitrogens is 1. The van der Waals surface area contributed by atoms with E-state index in [4.69, 9.17) is 9.68 Å². The summed E-state index contributed by atoms with van der Waals surface area (Å²) in [6, 6.07) is 29.4. The van der Waals surface area contributed by atoms with E-state index < -0.39 is 0 Å². The second kappa shape index (κ2) is 6.37. The highest BCUT2D eigenvalue weighted by molar-refractivity contribution is 7.26. The van der Waals surface area contributed by atoms with Crippen molar-refractivity contribution < 1.29 is 9.68 Å². The van der Waals surface area contributed by atoms with Gasteiger partial charge in [-0.3, -0.25) is 0 Å². The third-order valence-electron chi connectivity index (χ3n) is 5.46. The van der Waals surface area contributed by atoms with Crippen LogP contribution in [-0.4, -0.2) is 17.3 Å². The van der Waals surface area contributed by atoms with Crippen molar-refractivity contribution >= 4 is 61.0 Å². The van der Waals surface area contributed by atoms with E-state index in [1.165, 1.54) is 42.0 Å². The topological polar surface area (TPSA) is 34.4 Å². The standard InChI is InChI=1S/C24H15BNO2S/c27-25-28-16-11-9-15(10-12-16)26-20-7-3-1-6-19(20)23-21(26)14-13-18-17-5-2-4-8-22(17)29-24(18)23/h1-14,27H. The van der Waals surface area contributed by atoms with Gasteiger partial charge in [0.2, 0.25) is 0 Å². The minimum absolute atomic E-state index is 0.601. The Bertz CT molecular complexity index is 1520. The highest BCUT2D eigenvalue weighted by atomic mass is 32.1. The quantitative estimate of drug-likeness (QED) is 0.372. The Morgan fingerprint density at radius 3 is 2.31 bits per heavy atom. The number of benzene rings is 4. The van der Waals surface area contributed by atoms with E-state index in [9.17, 15) is 0 Å². The van der Waals surface area contributed by atoms with E-state index in [1.54, 1.807) is 0 Å². The molecule has 1 radical (unpaired) electrons. The lowest BCUT2D eigenvalue weighted by molar-refractivity contribution is 0.454. The Balaban J connectivity index is 1.73. The molecule has 1 N–H and O–H groups in total. The number of fused-ring (bicyclic) bond motifs is 7. The molecule has 137 valence electrons. The largest absolute Gasteiger partial charge is 0.569 e. The molecule has 3 nitrogen and oxygen atoms in total. The Labute approximate surface area is 171 Å². The van der Waals surface area contributed by atoms with Gasteiger partial charge in [0, 0.05) is 36.6 Å². The van der Waals surface area contributed by atoms with Crippen LogP contribution in [0.15, 0.2) is 84.9 Å². The zero-order chi connectivity index (χ0) is 19.4. The van der Waals surface area contributed by atoms with Crippen molar-refractivity contribution in [3.05, 3.63) is 84.9 Å². The highest BCUT2D eigenvalue weighted by Gasteiger charge is 2.17. The van der Waals surface area contributed by atoms with Crippen LogP contribution < -0.4 is 4.65 Å². The lowest BCUT2D eigenvalue weighted by Gasteiger charge is -2.09. The number of hydrogen-bond acceptors (Lipinski definition) is 3. The first-order chi connectivity index (χ1) is 14.3. The first kappa shape index (κ1) is 16.7. The van der Waals surface area contributed by atoms with Crippen molar-refractivity contribution in [2.45, 2.75) is 0 Å². The minimum atomic E-state index is 0.601. The van der Waals surface area contributed by atoms with E-state index in [2.05, 4.69) is 65.2 Å². The smallest absolute Gasteiger partial charge is 0.537 e. The summed E-state index contributed by atoms with van der Waals surface area (Å²) in [5.41, 5.74) is 3.42. The predicted octanol–water partition coefficient (Wildman–Crippen LogP) is 6.06. The lowest BCUT2D eigenvalue weighted by Crippen LogP contribution is -2.00. The average molecular weight is 392 g/mol.